The maximum atomic E-state index is 11.8. The number of nitrogens with two attached hydrogens (primary N) is 1. The summed E-state index contributed by atoms with van der Waals surface area (Å²) in [5, 5.41) is 2.72. The lowest BCUT2D eigenvalue weighted by molar-refractivity contribution is -0.117. The lowest BCUT2D eigenvalue weighted by Crippen LogP contribution is -2.31. The molecule has 0 spiro atoms. The summed E-state index contributed by atoms with van der Waals surface area (Å²) in [7, 11) is 0. The van der Waals surface area contributed by atoms with Crippen molar-refractivity contribution in [3.05, 3.63) is 47.7 Å². The van der Waals surface area contributed by atoms with Gasteiger partial charge in [0, 0.05) is 17.3 Å². The van der Waals surface area contributed by atoms with Crippen molar-refractivity contribution >= 4 is 29.4 Å². The number of anilines is 1. The van der Waals surface area contributed by atoms with Crippen molar-refractivity contribution in [2.75, 3.05) is 11.5 Å². The topological polar surface area (TPSA) is 98.0 Å². The Labute approximate surface area is 126 Å². The second kappa shape index (κ2) is 6.85. The quantitative estimate of drug-likeness (QED) is 0.654. The van der Waals surface area contributed by atoms with Crippen LogP contribution >= 0.6 is 11.8 Å². The molecule has 0 saturated heterocycles. The Morgan fingerprint density at radius 2 is 1.95 bits per heavy atom. The fourth-order valence-electron chi connectivity index (χ4n) is 1.58. The standard InChI is InChI=1S/C14H14N4O2S/c1-9-7-11(15)17-14(16-9)21-8-12(19)18-13(20)10-5-3-2-4-6-10/h2-7H,8H2,1H3,(H2,15,16,17)(H,18,19,20). The fraction of sp³-hybridized carbons (Fsp3) is 0.143. The second-order valence-electron chi connectivity index (χ2n) is 4.25. The number of aromatic nitrogens is 2. The largest absolute Gasteiger partial charge is 0.384 e. The van der Waals surface area contributed by atoms with E-state index in [2.05, 4.69) is 15.3 Å². The summed E-state index contributed by atoms with van der Waals surface area (Å²) < 4.78 is 0. The Morgan fingerprint density at radius 3 is 2.62 bits per heavy atom. The van der Waals surface area contributed by atoms with E-state index in [0.29, 0.717) is 16.5 Å². The lowest BCUT2D eigenvalue weighted by Gasteiger charge is -2.04. The van der Waals surface area contributed by atoms with Crippen LogP contribution in [-0.4, -0.2) is 27.5 Å². The van der Waals surface area contributed by atoms with Crippen molar-refractivity contribution in [1.29, 1.82) is 0 Å². The Balaban J connectivity index is 1.89. The molecule has 2 aromatic rings. The smallest absolute Gasteiger partial charge is 0.257 e. The van der Waals surface area contributed by atoms with Gasteiger partial charge in [-0.05, 0) is 19.1 Å². The van der Waals surface area contributed by atoms with Gasteiger partial charge in [0.25, 0.3) is 5.91 Å². The first-order chi connectivity index (χ1) is 10.0. The molecule has 1 heterocycles. The van der Waals surface area contributed by atoms with E-state index in [1.165, 1.54) is 0 Å². The van der Waals surface area contributed by atoms with Gasteiger partial charge in [0.05, 0.1) is 5.75 Å². The highest BCUT2D eigenvalue weighted by Gasteiger charge is 2.11. The molecule has 0 aliphatic carbocycles. The number of hydrogen-bond acceptors (Lipinski definition) is 6. The molecule has 0 aliphatic rings. The molecule has 0 saturated carbocycles. The molecule has 6 nitrogen and oxygen atoms in total. The highest BCUT2D eigenvalue weighted by Crippen LogP contribution is 2.14. The zero-order valence-electron chi connectivity index (χ0n) is 11.4. The second-order valence-corrected chi connectivity index (χ2v) is 5.19. The van der Waals surface area contributed by atoms with Crippen molar-refractivity contribution in [2.24, 2.45) is 0 Å². The molecule has 7 heteroatoms. The van der Waals surface area contributed by atoms with E-state index in [0.717, 1.165) is 17.5 Å². The number of hydrogen-bond donors (Lipinski definition) is 2. The summed E-state index contributed by atoms with van der Waals surface area (Å²) in [5.74, 6) is -0.434. The van der Waals surface area contributed by atoms with Crippen LogP contribution in [0.2, 0.25) is 0 Å². The third-order valence-corrected chi connectivity index (χ3v) is 3.32. The van der Waals surface area contributed by atoms with Gasteiger partial charge in [0.15, 0.2) is 5.16 Å². The molecular weight excluding hydrogens is 288 g/mol. The average molecular weight is 302 g/mol. The van der Waals surface area contributed by atoms with Gasteiger partial charge in [-0.3, -0.25) is 14.9 Å². The minimum absolute atomic E-state index is 0.0431. The molecule has 0 fully saturated rings. The number of aryl methyl sites for hydroxylation is 1. The molecule has 0 aliphatic heterocycles. The van der Waals surface area contributed by atoms with Crippen LogP contribution in [0.3, 0.4) is 0 Å². The van der Waals surface area contributed by atoms with E-state index in [4.69, 9.17) is 5.73 Å². The van der Waals surface area contributed by atoms with E-state index in [-0.39, 0.29) is 5.75 Å². The molecule has 0 radical (unpaired) electrons. The van der Waals surface area contributed by atoms with Gasteiger partial charge >= 0.3 is 0 Å². The van der Waals surface area contributed by atoms with E-state index in [9.17, 15) is 9.59 Å². The van der Waals surface area contributed by atoms with Crippen LogP contribution < -0.4 is 11.1 Å². The monoisotopic (exact) mass is 302 g/mol. The number of imide groups is 1. The van der Waals surface area contributed by atoms with E-state index < -0.39 is 11.8 Å². The molecule has 1 aromatic heterocycles. The first-order valence-electron chi connectivity index (χ1n) is 6.18. The number of thioether (sulfide) groups is 1. The summed E-state index contributed by atoms with van der Waals surface area (Å²) in [5.41, 5.74) is 6.77. The highest BCUT2D eigenvalue weighted by atomic mass is 32.2. The van der Waals surface area contributed by atoms with Crippen LogP contribution in [0, 0.1) is 6.92 Å². The summed E-state index contributed by atoms with van der Waals surface area (Å²) in [6.07, 6.45) is 0. The summed E-state index contributed by atoms with van der Waals surface area (Å²) >= 11 is 1.13. The van der Waals surface area contributed by atoms with Gasteiger partial charge < -0.3 is 5.73 Å². The van der Waals surface area contributed by atoms with Crippen LogP contribution in [0.15, 0.2) is 41.6 Å². The Hall–Kier alpha value is -2.41. The molecule has 0 bridgehead atoms. The van der Waals surface area contributed by atoms with Crippen LogP contribution in [0.4, 0.5) is 5.82 Å². The predicted octanol–water partition coefficient (Wildman–Crippen LogP) is 1.42. The molecular formula is C14H14N4O2S. The van der Waals surface area contributed by atoms with Gasteiger partial charge in [-0.15, -0.1) is 0 Å². The molecule has 0 atom stereocenters. The van der Waals surface area contributed by atoms with Crippen molar-refractivity contribution in [2.45, 2.75) is 12.1 Å². The third-order valence-electron chi connectivity index (χ3n) is 2.47. The van der Waals surface area contributed by atoms with Crippen LogP contribution in [-0.2, 0) is 4.79 Å². The number of nitrogens with zero attached hydrogens (tertiary/aromatic N) is 2. The average Bonchev–Trinajstić information content (AvgIpc) is 2.45. The maximum Gasteiger partial charge on any atom is 0.257 e. The molecule has 3 N–H and O–H groups in total. The first kappa shape index (κ1) is 15.0. The summed E-state index contributed by atoms with van der Waals surface area (Å²) in [6.45, 7) is 1.79. The Morgan fingerprint density at radius 1 is 1.24 bits per heavy atom. The molecule has 0 unspecified atom stereocenters. The third kappa shape index (κ3) is 4.57. The highest BCUT2D eigenvalue weighted by molar-refractivity contribution is 7.99. The normalized spacial score (nSPS) is 10.1. The maximum absolute atomic E-state index is 11.8. The summed E-state index contributed by atoms with van der Waals surface area (Å²) in [4.78, 5) is 31.7. The molecule has 21 heavy (non-hydrogen) atoms. The van der Waals surface area contributed by atoms with Crippen molar-refractivity contribution in [3.63, 3.8) is 0 Å². The summed E-state index contributed by atoms with van der Waals surface area (Å²) in [6, 6.07) is 10.2. The zero-order valence-corrected chi connectivity index (χ0v) is 12.2. The van der Waals surface area contributed by atoms with Gasteiger partial charge in [0.2, 0.25) is 5.91 Å². The van der Waals surface area contributed by atoms with Gasteiger partial charge in [-0.1, -0.05) is 30.0 Å². The van der Waals surface area contributed by atoms with Crippen LogP contribution in [0.25, 0.3) is 0 Å². The number of amides is 2. The fourth-order valence-corrected chi connectivity index (χ4v) is 2.29. The van der Waals surface area contributed by atoms with Crippen LogP contribution in [0.1, 0.15) is 16.1 Å². The van der Waals surface area contributed by atoms with E-state index in [1.54, 1.807) is 43.3 Å². The molecule has 1 aromatic carbocycles. The SMILES string of the molecule is Cc1cc(N)nc(SCC(=O)NC(=O)c2ccccc2)n1. The minimum atomic E-state index is -0.425. The minimum Gasteiger partial charge on any atom is -0.384 e. The number of carbonyl (C=O) groups excluding carboxylic acids is 2. The van der Waals surface area contributed by atoms with Crippen molar-refractivity contribution < 1.29 is 9.59 Å². The molecule has 2 amide bonds. The molecule has 2 rings (SSSR count). The van der Waals surface area contributed by atoms with Gasteiger partial charge in [0.1, 0.15) is 5.82 Å². The van der Waals surface area contributed by atoms with E-state index in [1.807, 2.05) is 0 Å². The zero-order chi connectivity index (χ0) is 15.2. The first-order valence-corrected chi connectivity index (χ1v) is 7.16. The Bertz CT molecular complexity index is 641. The number of rotatable bonds is 4. The van der Waals surface area contributed by atoms with Gasteiger partial charge in [-0.25, -0.2) is 9.97 Å². The number of carbonyl (C=O) groups is 2. The predicted molar refractivity (Wildman–Crippen MR) is 80.8 cm³/mol. The van der Waals surface area contributed by atoms with Gasteiger partial charge in [-0.2, -0.15) is 0 Å². The lowest BCUT2D eigenvalue weighted by atomic mass is 10.2. The van der Waals surface area contributed by atoms with Crippen molar-refractivity contribution in [3.8, 4) is 0 Å². The Kier molecular flexibility index (Phi) is 4.89. The number of nitrogen functional groups attached to an aromatic ring is 1. The van der Waals surface area contributed by atoms with Crippen LogP contribution in [0.5, 0.6) is 0 Å². The number of nitrogens with one attached hydrogen (secondary N) is 1. The van der Waals surface area contributed by atoms with E-state index >= 15 is 0 Å². The number of benzene rings is 1. The molecule has 108 valence electrons. The van der Waals surface area contributed by atoms with Crippen molar-refractivity contribution in [1.82, 2.24) is 15.3 Å².